The Morgan fingerprint density at radius 3 is 2.52 bits per heavy atom. The van der Waals surface area contributed by atoms with Gasteiger partial charge in [-0.05, 0) is 37.1 Å². The highest BCUT2D eigenvalue weighted by atomic mass is 16.4. The first-order chi connectivity index (χ1) is 9.95. The molecule has 0 heterocycles. The van der Waals surface area contributed by atoms with Gasteiger partial charge in [0.25, 0.3) is 0 Å². The molecule has 0 radical (unpaired) electrons. The number of carbonyl (C=O) groups excluding carboxylic acids is 1. The Morgan fingerprint density at radius 1 is 1.10 bits per heavy atom. The molecule has 0 aliphatic carbocycles. The molecule has 2 aromatic rings. The van der Waals surface area contributed by atoms with Gasteiger partial charge in [-0.1, -0.05) is 35.9 Å². The fourth-order valence-corrected chi connectivity index (χ4v) is 2.14. The third-order valence-corrected chi connectivity index (χ3v) is 3.20. The molecule has 0 aliphatic rings. The lowest BCUT2D eigenvalue weighted by Gasteiger charge is -2.08. The molecule has 0 saturated carbocycles. The molecule has 0 unspecified atom stereocenters. The number of nitrogens with one attached hydrogen (secondary N) is 1. The van der Waals surface area contributed by atoms with Gasteiger partial charge in [-0.3, -0.25) is 4.79 Å². The minimum Gasteiger partial charge on any atom is -0.478 e. The average Bonchev–Trinajstić information content (AvgIpc) is 2.40. The molecule has 0 aliphatic heterocycles. The van der Waals surface area contributed by atoms with E-state index < -0.39 is 5.97 Å². The van der Waals surface area contributed by atoms with Crippen LogP contribution in [-0.2, 0) is 11.2 Å². The summed E-state index contributed by atoms with van der Waals surface area (Å²) < 4.78 is 0. The highest BCUT2D eigenvalue weighted by Gasteiger charge is 2.10. The second-order valence-electron chi connectivity index (χ2n) is 5.05. The zero-order chi connectivity index (χ0) is 15.4. The lowest BCUT2D eigenvalue weighted by Crippen LogP contribution is -2.15. The molecule has 4 heteroatoms. The van der Waals surface area contributed by atoms with Crippen molar-refractivity contribution in [3.05, 3.63) is 64.7 Å². The van der Waals surface area contributed by atoms with Gasteiger partial charge in [0.1, 0.15) is 0 Å². The number of carbonyl (C=O) groups is 2. The second kappa shape index (κ2) is 6.22. The molecule has 0 aromatic heterocycles. The number of aryl methyl sites for hydroxylation is 2. The Hall–Kier alpha value is -2.62. The van der Waals surface area contributed by atoms with Gasteiger partial charge in [-0.15, -0.1) is 0 Å². The number of hydrogen-bond acceptors (Lipinski definition) is 2. The van der Waals surface area contributed by atoms with E-state index in [0.717, 1.165) is 11.1 Å². The lowest BCUT2D eigenvalue weighted by molar-refractivity contribution is -0.115. The number of anilines is 1. The molecule has 0 atom stereocenters. The maximum atomic E-state index is 12.0. The molecule has 108 valence electrons. The van der Waals surface area contributed by atoms with Crippen LogP contribution < -0.4 is 5.32 Å². The first kappa shape index (κ1) is 14.8. The maximum absolute atomic E-state index is 12.0. The minimum absolute atomic E-state index is 0.166. The third kappa shape index (κ3) is 3.92. The molecule has 2 N–H and O–H groups in total. The van der Waals surface area contributed by atoms with E-state index in [9.17, 15) is 9.59 Å². The number of aromatic carboxylic acids is 1. The largest absolute Gasteiger partial charge is 0.478 e. The lowest BCUT2D eigenvalue weighted by atomic mass is 10.1. The van der Waals surface area contributed by atoms with Crippen molar-refractivity contribution in [1.82, 2.24) is 0 Å². The zero-order valence-electron chi connectivity index (χ0n) is 12.0. The van der Waals surface area contributed by atoms with E-state index in [1.165, 1.54) is 6.07 Å². The van der Waals surface area contributed by atoms with Gasteiger partial charge in [0, 0.05) is 5.69 Å². The van der Waals surface area contributed by atoms with Gasteiger partial charge in [-0.2, -0.15) is 0 Å². The van der Waals surface area contributed by atoms with Crippen molar-refractivity contribution in [2.24, 2.45) is 0 Å². The number of carboxylic acids is 1. The maximum Gasteiger partial charge on any atom is 0.336 e. The molecule has 0 bridgehead atoms. The van der Waals surface area contributed by atoms with Gasteiger partial charge in [0.15, 0.2) is 0 Å². The van der Waals surface area contributed by atoms with Crippen LogP contribution in [0.3, 0.4) is 0 Å². The summed E-state index contributed by atoms with van der Waals surface area (Å²) >= 11 is 0. The normalized spacial score (nSPS) is 10.2. The highest BCUT2D eigenvalue weighted by Crippen LogP contribution is 2.16. The molecule has 21 heavy (non-hydrogen) atoms. The van der Waals surface area contributed by atoms with Gasteiger partial charge in [0.2, 0.25) is 5.91 Å². The Kier molecular flexibility index (Phi) is 4.38. The number of rotatable bonds is 4. The molecule has 0 spiro atoms. The standard InChI is InChI=1S/C17H17NO3/c1-11-4-3-5-13(8-11)9-16(19)18-14-7-6-12(2)15(10-14)17(20)21/h3-8,10H,9H2,1-2H3,(H,18,19)(H,20,21). The summed E-state index contributed by atoms with van der Waals surface area (Å²) in [6.07, 6.45) is 0.262. The second-order valence-corrected chi connectivity index (χ2v) is 5.05. The molecule has 2 rings (SSSR count). The summed E-state index contributed by atoms with van der Waals surface area (Å²) in [6, 6.07) is 12.6. The van der Waals surface area contributed by atoms with E-state index in [4.69, 9.17) is 5.11 Å². The summed E-state index contributed by atoms with van der Waals surface area (Å²) in [4.78, 5) is 23.1. The molecular formula is C17H17NO3. The first-order valence-corrected chi connectivity index (χ1v) is 6.65. The van der Waals surface area contributed by atoms with Gasteiger partial charge >= 0.3 is 5.97 Å². The van der Waals surface area contributed by atoms with E-state index >= 15 is 0 Å². The van der Waals surface area contributed by atoms with Crippen LogP contribution in [0, 0.1) is 13.8 Å². The van der Waals surface area contributed by atoms with Crippen molar-refractivity contribution in [3.63, 3.8) is 0 Å². The van der Waals surface area contributed by atoms with Crippen LogP contribution in [0.2, 0.25) is 0 Å². The summed E-state index contributed by atoms with van der Waals surface area (Å²) in [6.45, 7) is 3.70. The third-order valence-electron chi connectivity index (χ3n) is 3.20. The van der Waals surface area contributed by atoms with Gasteiger partial charge < -0.3 is 10.4 Å². The predicted molar refractivity (Wildman–Crippen MR) is 81.7 cm³/mol. The number of amides is 1. The molecule has 0 fully saturated rings. The van der Waals surface area contributed by atoms with Crippen LogP contribution in [-0.4, -0.2) is 17.0 Å². The monoisotopic (exact) mass is 283 g/mol. The van der Waals surface area contributed by atoms with Crippen LogP contribution in [0.5, 0.6) is 0 Å². The highest BCUT2D eigenvalue weighted by molar-refractivity contribution is 5.95. The van der Waals surface area contributed by atoms with Crippen molar-refractivity contribution in [3.8, 4) is 0 Å². The first-order valence-electron chi connectivity index (χ1n) is 6.65. The van der Waals surface area contributed by atoms with Crippen LogP contribution in [0.25, 0.3) is 0 Å². The minimum atomic E-state index is -0.998. The van der Waals surface area contributed by atoms with Crippen molar-refractivity contribution < 1.29 is 14.7 Å². The topological polar surface area (TPSA) is 66.4 Å². The predicted octanol–water partition coefficient (Wildman–Crippen LogP) is 3.18. The Morgan fingerprint density at radius 2 is 1.86 bits per heavy atom. The summed E-state index contributed by atoms with van der Waals surface area (Å²) in [5.41, 5.74) is 3.39. The fraction of sp³-hybridized carbons (Fsp3) is 0.176. The van der Waals surface area contributed by atoms with Crippen molar-refractivity contribution in [2.45, 2.75) is 20.3 Å². The van der Waals surface area contributed by atoms with Crippen molar-refractivity contribution in [2.75, 3.05) is 5.32 Å². The summed E-state index contributed by atoms with van der Waals surface area (Å²) in [5, 5.41) is 11.8. The van der Waals surface area contributed by atoms with E-state index in [-0.39, 0.29) is 17.9 Å². The Bertz CT molecular complexity index is 692. The molecule has 4 nitrogen and oxygen atoms in total. The zero-order valence-corrected chi connectivity index (χ0v) is 12.0. The van der Waals surface area contributed by atoms with Crippen LogP contribution in [0.4, 0.5) is 5.69 Å². The van der Waals surface area contributed by atoms with Crippen LogP contribution in [0.15, 0.2) is 42.5 Å². The average molecular weight is 283 g/mol. The number of hydrogen-bond donors (Lipinski definition) is 2. The van der Waals surface area contributed by atoms with E-state index in [1.54, 1.807) is 19.1 Å². The van der Waals surface area contributed by atoms with Gasteiger partial charge in [-0.25, -0.2) is 4.79 Å². The molecule has 1 amide bonds. The van der Waals surface area contributed by atoms with Gasteiger partial charge in [0.05, 0.1) is 12.0 Å². The Balaban J connectivity index is 2.09. The van der Waals surface area contributed by atoms with E-state index in [1.807, 2.05) is 31.2 Å². The fourth-order valence-electron chi connectivity index (χ4n) is 2.14. The Labute approximate surface area is 123 Å². The smallest absolute Gasteiger partial charge is 0.336 e. The van der Waals surface area contributed by atoms with E-state index in [2.05, 4.69) is 5.32 Å². The number of benzene rings is 2. The van der Waals surface area contributed by atoms with Crippen LogP contribution >= 0.6 is 0 Å². The quantitative estimate of drug-likeness (QED) is 0.905. The van der Waals surface area contributed by atoms with E-state index in [0.29, 0.717) is 11.3 Å². The number of carboxylic acid groups (broad SMARTS) is 1. The summed E-state index contributed by atoms with van der Waals surface area (Å²) in [5.74, 6) is -1.16. The van der Waals surface area contributed by atoms with Crippen molar-refractivity contribution >= 4 is 17.6 Å². The van der Waals surface area contributed by atoms with Crippen molar-refractivity contribution in [1.29, 1.82) is 0 Å². The molecular weight excluding hydrogens is 266 g/mol. The molecule has 2 aromatic carbocycles. The summed E-state index contributed by atoms with van der Waals surface area (Å²) in [7, 11) is 0. The SMILES string of the molecule is Cc1cccc(CC(=O)Nc2ccc(C)c(C(=O)O)c2)c1. The van der Waals surface area contributed by atoms with Crippen LogP contribution in [0.1, 0.15) is 27.0 Å². The molecule has 0 saturated heterocycles.